The van der Waals surface area contributed by atoms with Gasteiger partial charge in [0, 0.05) is 12.6 Å². The molecule has 2 aromatic rings. The first-order valence-corrected chi connectivity index (χ1v) is 6.68. The normalized spacial score (nSPS) is 13.8. The third-order valence-corrected chi connectivity index (χ3v) is 3.78. The zero-order valence-corrected chi connectivity index (χ0v) is 11.8. The number of benzene rings is 2. The Morgan fingerprint density at radius 3 is 2.39 bits per heavy atom. The molecule has 0 aromatic heterocycles. The first kappa shape index (κ1) is 13.1. The van der Waals surface area contributed by atoms with Crippen molar-refractivity contribution in [3.8, 4) is 0 Å². The van der Waals surface area contributed by atoms with E-state index in [0.29, 0.717) is 11.5 Å². The molecule has 96 valence electrons. The van der Waals surface area contributed by atoms with Gasteiger partial charge in [-0.1, -0.05) is 63.2 Å². The Labute approximate surface area is 110 Å². The van der Waals surface area contributed by atoms with Crippen LogP contribution in [0, 0.1) is 5.41 Å². The molecule has 1 heteroatoms. The molecule has 0 radical (unpaired) electrons. The smallest absolute Gasteiger partial charge is 0.0214 e. The molecule has 1 N–H and O–H groups in total. The molecule has 0 aliphatic rings. The summed E-state index contributed by atoms with van der Waals surface area (Å²) in [6.45, 7) is 10.0. The number of hydrogen-bond acceptors (Lipinski definition) is 1. The summed E-state index contributed by atoms with van der Waals surface area (Å²) in [5.74, 6) is 0. The van der Waals surface area contributed by atoms with Gasteiger partial charge in [0.1, 0.15) is 0 Å². The molecule has 2 aromatic carbocycles. The molecular formula is C17H23N. The van der Waals surface area contributed by atoms with E-state index in [1.807, 2.05) is 0 Å². The van der Waals surface area contributed by atoms with Gasteiger partial charge in [0.25, 0.3) is 0 Å². The van der Waals surface area contributed by atoms with E-state index < -0.39 is 0 Å². The summed E-state index contributed by atoms with van der Waals surface area (Å²) < 4.78 is 0. The van der Waals surface area contributed by atoms with Crippen molar-refractivity contribution in [2.45, 2.75) is 40.3 Å². The molecule has 0 amide bonds. The van der Waals surface area contributed by atoms with Gasteiger partial charge in [-0.2, -0.15) is 0 Å². The fourth-order valence-electron chi connectivity index (χ4n) is 2.02. The Morgan fingerprint density at radius 1 is 1.00 bits per heavy atom. The highest BCUT2D eigenvalue weighted by Crippen LogP contribution is 2.21. The van der Waals surface area contributed by atoms with Crippen LogP contribution < -0.4 is 5.32 Å². The molecule has 0 heterocycles. The summed E-state index contributed by atoms with van der Waals surface area (Å²) in [6.07, 6.45) is 0. The molecule has 0 bridgehead atoms. The van der Waals surface area contributed by atoms with Crippen LogP contribution in [0.3, 0.4) is 0 Å². The van der Waals surface area contributed by atoms with Crippen LogP contribution in [-0.2, 0) is 6.54 Å². The van der Waals surface area contributed by atoms with E-state index in [4.69, 9.17) is 0 Å². The van der Waals surface area contributed by atoms with Gasteiger partial charge in [-0.25, -0.2) is 0 Å². The molecule has 1 nitrogen and oxygen atoms in total. The van der Waals surface area contributed by atoms with E-state index >= 15 is 0 Å². The minimum Gasteiger partial charge on any atom is -0.310 e. The van der Waals surface area contributed by atoms with Crippen LogP contribution in [0.1, 0.15) is 33.3 Å². The average Bonchev–Trinajstić information content (AvgIpc) is 2.34. The van der Waals surface area contributed by atoms with Crippen molar-refractivity contribution in [2.24, 2.45) is 5.41 Å². The Kier molecular flexibility index (Phi) is 3.72. The van der Waals surface area contributed by atoms with E-state index in [2.05, 4.69) is 75.5 Å². The van der Waals surface area contributed by atoms with Gasteiger partial charge in [0.15, 0.2) is 0 Å². The van der Waals surface area contributed by atoms with Crippen molar-refractivity contribution < 1.29 is 0 Å². The lowest BCUT2D eigenvalue weighted by Crippen LogP contribution is -2.37. The number of fused-ring (bicyclic) bond motifs is 1. The molecule has 0 saturated carbocycles. The van der Waals surface area contributed by atoms with E-state index in [1.165, 1.54) is 16.3 Å². The summed E-state index contributed by atoms with van der Waals surface area (Å²) in [6, 6.07) is 15.6. The number of hydrogen-bond donors (Lipinski definition) is 1. The van der Waals surface area contributed by atoms with Gasteiger partial charge < -0.3 is 5.32 Å². The van der Waals surface area contributed by atoms with Crippen LogP contribution in [0.2, 0.25) is 0 Å². The fourth-order valence-corrected chi connectivity index (χ4v) is 2.02. The second-order valence-corrected chi connectivity index (χ2v) is 6.11. The van der Waals surface area contributed by atoms with Crippen LogP contribution >= 0.6 is 0 Å². The minimum absolute atomic E-state index is 0.296. The predicted octanol–water partition coefficient (Wildman–Crippen LogP) is 4.36. The summed E-state index contributed by atoms with van der Waals surface area (Å²) in [5, 5.41) is 6.31. The largest absolute Gasteiger partial charge is 0.310 e. The summed E-state index contributed by atoms with van der Waals surface area (Å²) >= 11 is 0. The maximum absolute atomic E-state index is 3.63. The highest BCUT2D eigenvalue weighted by atomic mass is 14.9. The zero-order chi connectivity index (χ0) is 13.2. The van der Waals surface area contributed by atoms with Crippen LogP contribution in [0.25, 0.3) is 10.8 Å². The lowest BCUT2D eigenvalue weighted by molar-refractivity contribution is 0.285. The maximum Gasteiger partial charge on any atom is 0.0214 e. The van der Waals surface area contributed by atoms with E-state index in [9.17, 15) is 0 Å². The van der Waals surface area contributed by atoms with Crippen molar-refractivity contribution in [3.05, 3.63) is 48.0 Å². The van der Waals surface area contributed by atoms with Crippen molar-refractivity contribution in [1.82, 2.24) is 5.32 Å². The highest BCUT2D eigenvalue weighted by Gasteiger charge is 2.19. The third-order valence-electron chi connectivity index (χ3n) is 3.78. The van der Waals surface area contributed by atoms with E-state index in [0.717, 1.165) is 6.54 Å². The minimum atomic E-state index is 0.296. The third kappa shape index (κ3) is 2.91. The quantitative estimate of drug-likeness (QED) is 0.841. The van der Waals surface area contributed by atoms with Crippen LogP contribution in [0.15, 0.2) is 42.5 Å². The zero-order valence-electron chi connectivity index (χ0n) is 11.8. The molecule has 0 saturated heterocycles. The lowest BCUT2D eigenvalue weighted by atomic mass is 9.88. The molecule has 0 fully saturated rings. The van der Waals surface area contributed by atoms with Gasteiger partial charge in [-0.3, -0.25) is 0 Å². The SMILES string of the molecule is CC(NCc1cccc2ccccc12)C(C)(C)C. The fraction of sp³-hybridized carbons (Fsp3) is 0.412. The first-order valence-electron chi connectivity index (χ1n) is 6.68. The summed E-state index contributed by atoms with van der Waals surface area (Å²) in [7, 11) is 0. The average molecular weight is 241 g/mol. The molecule has 0 spiro atoms. The van der Waals surface area contributed by atoms with E-state index in [-0.39, 0.29) is 0 Å². The summed E-state index contributed by atoms with van der Waals surface area (Å²) in [5.41, 5.74) is 1.68. The second kappa shape index (κ2) is 5.11. The van der Waals surface area contributed by atoms with Crippen molar-refractivity contribution in [2.75, 3.05) is 0 Å². The van der Waals surface area contributed by atoms with Crippen LogP contribution in [-0.4, -0.2) is 6.04 Å². The van der Waals surface area contributed by atoms with Crippen LogP contribution in [0.4, 0.5) is 0 Å². The molecular weight excluding hydrogens is 218 g/mol. The van der Waals surface area contributed by atoms with Crippen molar-refractivity contribution >= 4 is 10.8 Å². The Hall–Kier alpha value is -1.34. The Balaban J connectivity index is 2.18. The van der Waals surface area contributed by atoms with Gasteiger partial charge in [0.05, 0.1) is 0 Å². The Morgan fingerprint density at radius 2 is 1.67 bits per heavy atom. The second-order valence-electron chi connectivity index (χ2n) is 6.11. The molecule has 2 rings (SSSR count). The highest BCUT2D eigenvalue weighted by molar-refractivity contribution is 5.85. The molecule has 0 aliphatic heterocycles. The number of nitrogens with one attached hydrogen (secondary N) is 1. The Bertz CT molecular complexity index is 517. The molecule has 1 unspecified atom stereocenters. The first-order chi connectivity index (χ1) is 8.48. The topological polar surface area (TPSA) is 12.0 Å². The molecule has 1 atom stereocenters. The molecule has 18 heavy (non-hydrogen) atoms. The monoisotopic (exact) mass is 241 g/mol. The predicted molar refractivity (Wildman–Crippen MR) is 79.7 cm³/mol. The lowest BCUT2D eigenvalue weighted by Gasteiger charge is -2.28. The maximum atomic E-state index is 3.63. The van der Waals surface area contributed by atoms with Gasteiger partial charge >= 0.3 is 0 Å². The van der Waals surface area contributed by atoms with Crippen molar-refractivity contribution in [3.63, 3.8) is 0 Å². The summed E-state index contributed by atoms with van der Waals surface area (Å²) in [4.78, 5) is 0. The van der Waals surface area contributed by atoms with Crippen molar-refractivity contribution in [1.29, 1.82) is 0 Å². The number of rotatable bonds is 3. The molecule has 0 aliphatic carbocycles. The van der Waals surface area contributed by atoms with Gasteiger partial charge in [-0.05, 0) is 28.7 Å². The van der Waals surface area contributed by atoms with Gasteiger partial charge in [-0.15, -0.1) is 0 Å². The van der Waals surface area contributed by atoms with E-state index in [1.54, 1.807) is 0 Å². The standard InChI is InChI=1S/C17H23N/c1-13(17(2,3)4)18-12-15-10-7-9-14-8-5-6-11-16(14)15/h5-11,13,18H,12H2,1-4H3. The van der Waals surface area contributed by atoms with Crippen LogP contribution in [0.5, 0.6) is 0 Å². The van der Waals surface area contributed by atoms with Gasteiger partial charge in [0.2, 0.25) is 0 Å².